The Bertz CT molecular complexity index is 1150. The first kappa shape index (κ1) is 20.1. The molecule has 6 nitrogen and oxygen atoms in total. The van der Waals surface area contributed by atoms with Gasteiger partial charge in [0, 0.05) is 17.7 Å². The van der Waals surface area contributed by atoms with Crippen molar-refractivity contribution in [3.8, 4) is 11.5 Å². The van der Waals surface area contributed by atoms with Crippen molar-refractivity contribution in [2.45, 2.75) is 18.4 Å². The number of hydrogen-bond donors (Lipinski definition) is 1. The van der Waals surface area contributed by atoms with E-state index in [9.17, 15) is 10.1 Å². The van der Waals surface area contributed by atoms with Crippen LogP contribution in [0.2, 0.25) is 0 Å². The van der Waals surface area contributed by atoms with Crippen molar-refractivity contribution >= 4 is 11.4 Å². The van der Waals surface area contributed by atoms with E-state index in [4.69, 9.17) is 9.47 Å². The third-order valence-corrected chi connectivity index (χ3v) is 6.17. The Kier molecular flexibility index (Phi) is 5.50. The molecule has 0 saturated heterocycles. The van der Waals surface area contributed by atoms with Crippen LogP contribution in [0, 0.1) is 16.0 Å². The van der Waals surface area contributed by atoms with Crippen LogP contribution in [0.3, 0.4) is 0 Å². The molecule has 3 unspecified atom stereocenters. The molecule has 0 bridgehead atoms. The Morgan fingerprint density at radius 1 is 0.906 bits per heavy atom. The predicted octanol–water partition coefficient (Wildman–Crippen LogP) is 5.88. The van der Waals surface area contributed by atoms with Crippen molar-refractivity contribution in [2.75, 3.05) is 18.5 Å². The van der Waals surface area contributed by atoms with Crippen molar-refractivity contribution < 1.29 is 14.4 Å². The van der Waals surface area contributed by atoms with Gasteiger partial charge in [0.1, 0.15) is 24.7 Å². The molecule has 0 saturated carbocycles. The number of nitro benzene ring substituents is 1. The summed E-state index contributed by atoms with van der Waals surface area (Å²) in [5, 5.41) is 15.2. The topological polar surface area (TPSA) is 73.6 Å². The van der Waals surface area contributed by atoms with E-state index in [-0.39, 0.29) is 28.5 Å². The van der Waals surface area contributed by atoms with E-state index in [0.29, 0.717) is 13.2 Å². The molecule has 1 aliphatic carbocycles. The number of benzene rings is 3. The summed E-state index contributed by atoms with van der Waals surface area (Å²) in [7, 11) is 0. The van der Waals surface area contributed by atoms with Crippen molar-refractivity contribution in [1.29, 1.82) is 0 Å². The van der Waals surface area contributed by atoms with Crippen LogP contribution >= 0.6 is 0 Å². The van der Waals surface area contributed by atoms with E-state index < -0.39 is 0 Å². The van der Waals surface area contributed by atoms with E-state index in [1.165, 1.54) is 5.56 Å². The molecule has 0 aromatic heterocycles. The van der Waals surface area contributed by atoms with E-state index in [0.717, 1.165) is 29.2 Å². The van der Waals surface area contributed by atoms with Crippen LogP contribution in [-0.4, -0.2) is 18.1 Å². The van der Waals surface area contributed by atoms with Crippen LogP contribution in [0.5, 0.6) is 11.5 Å². The standard InChI is InChI=1S/C26H24N2O4/c29-28(30)25-12-5-4-9-22(25)26-21-11-6-10-20(21)23-17-19(13-14-24(23)27-26)32-16-15-31-18-7-2-1-3-8-18/h1-10,12-14,17,20-21,26-27H,11,15-16H2. The molecule has 2 aliphatic rings. The molecule has 3 aromatic carbocycles. The maximum atomic E-state index is 11.6. The quantitative estimate of drug-likeness (QED) is 0.220. The van der Waals surface area contributed by atoms with Crippen molar-refractivity contribution in [1.82, 2.24) is 0 Å². The summed E-state index contributed by atoms with van der Waals surface area (Å²) in [6, 6.07) is 22.6. The van der Waals surface area contributed by atoms with E-state index in [1.807, 2.05) is 54.6 Å². The van der Waals surface area contributed by atoms with Gasteiger partial charge in [-0.2, -0.15) is 0 Å². The second-order valence-electron chi connectivity index (χ2n) is 8.05. The van der Waals surface area contributed by atoms with E-state index >= 15 is 0 Å². The summed E-state index contributed by atoms with van der Waals surface area (Å²) < 4.78 is 11.6. The maximum Gasteiger partial charge on any atom is 0.274 e. The molecule has 3 aromatic rings. The Morgan fingerprint density at radius 2 is 1.66 bits per heavy atom. The number of para-hydroxylation sites is 2. The van der Waals surface area contributed by atoms with Gasteiger partial charge in [0.15, 0.2) is 0 Å². The second-order valence-corrected chi connectivity index (χ2v) is 8.05. The fourth-order valence-corrected chi connectivity index (χ4v) is 4.72. The van der Waals surface area contributed by atoms with Gasteiger partial charge in [0.25, 0.3) is 5.69 Å². The summed E-state index contributed by atoms with van der Waals surface area (Å²) in [4.78, 5) is 11.3. The Balaban J connectivity index is 1.33. The highest BCUT2D eigenvalue weighted by Crippen LogP contribution is 2.51. The number of nitrogens with zero attached hydrogens (tertiary/aromatic N) is 1. The lowest BCUT2D eigenvalue weighted by Gasteiger charge is -2.37. The highest BCUT2D eigenvalue weighted by Gasteiger charge is 2.40. The summed E-state index contributed by atoms with van der Waals surface area (Å²) >= 11 is 0. The van der Waals surface area contributed by atoms with Crippen molar-refractivity contribution in [2.24, 2.45) is 5.92 Å². The zero-order valence-electron chi connectivity index (χ0n) is 17.5. The number of rotatable bonds is 7. The zero-order valence-corrected chi connectivity index (χ0v) is 17.5. The molecule has 0 fully saturated rings. The molecule has 0 spiro atoms. The molecule has 1 aliphatic heterocycles. The molecule has 0 amide bonds. The normalized spacial score (nSPS) is 20.7. The van der Waals surface area contributed by atoms with Gasteiger partial charge in [0.05, 0.1) is 16.5 Å². The van der Waals surface area contributed by atoms with Gasteiger partial charge in [-0.05, 0) is 48.2 Å². The van der Waals surface area contributed by atoms with Gasteiger partial charge < -0.3 is 14.8 Å². The van der Waals surface area contributed by atoms with Crippen LogP contribution in [0.4, 0.5) is 11.4 Å². The Labute approximate surface area is 186 Å². The molecular formula is C26H24N2O4. The molecule has 5 rings (SSSR count). The van der Waals surface area contributed by atoms with Crippen molar-refractivity contribution in [3.63, 3.8) is 0 Å². The maximum absolute atomic E-state index is 11.6. The number of ether oxygens (including phenoxy) is 2. The first-order chi connectivity index (χ1) is 15.7. The first-order valence-corrected chi connectivity index (χ1v) is 10.8. The zero-order chi connectivity index (χ0) is 21.9. The second kappa shape index (κ2) is 8.75. The first-order valence-electron chi connectivity index (χ1n) is 10.8. The average molecular weight is 428 g/mol. The molecule has 6 heteroatoms. The molecule has 3 atom stereocenters. The molecule has 1 heterocycles. The Morgan fingerprint density at radius 3 is 2.47 bits per heavy atom. The molecule has 0 radical (unpaired) electrons. The molecular weight excluding hydrogens is 404 g/mol. The smallest absolute Gasteiger partial charge is 0.274 e. The average Bonchev–Trinajstić information content (AvgIpc) is 3.32. The summed E-state index contributed by atoms with van der Waals surface area (Å²) in [5.74, 6) is 2.04. The molecule has 162 valence electrons. The van der Waals surface area contributed by atoms with Gasteiger partial charge in [0.2, 0.25) is 0 Å². The number of nitrogens with one attached hydrogen (secondary N) is 1. The highest BCUT2D eigenvalue weighted by atomic mass is 16.6. The number of fused-ring (bicyclic) bond motifs is 3. The lowest BCUT2D eigenvalue weighted by Crippen LogP contribution is -2.29. The van der Waals surface area contributed by atoms with Crippen LogP contribution < -0.4 is 14.8 Å². The lowest BCUT2D eigenvalue weighted by atomic mass is 9.76. The SMILES string of the molecule is O=[N+]([O-])c1ccccc1C1Nc2ccc(OCCOc3ccccc3)cc2C2C=CCC21. The third-order valence-electron chi connectivity index (χ3n) is 6.17. The largest absolute Gasteiger partial charge is 0.490 e. The van der Waals surface area contributed by atoms with E-state index in [2.05, 4.69) is 23.5 Å². The fraction of sp³-hybridized carbons (Fsp3) is 0.231. The van der Waals surface area contributed by atoms with Gasteiger partial charge in [-0.3, -0.25) is 10.1 Å². The fourth-order valence-electron chi connectivity index (χ4n) is 4.72. The van der Waals surface area contributed by atoms with Gasteiger partial charge in [-0.1, -0.05) is 48.6 Å². The van der Waals surface area contributed by atoms with Crippen LogP contribution in [-0.2, 0) is 0 Å². The molecule has 32 heavy (non-hydrogen) atoms. The molecule has 1 N–H and O–H groups in total. The minimum atomic E-state index is -0.293. The number of anilines is 1. The Hall–Kier alpha value is -3.80. The van der Waals surface area contributed by atoms with Gasteiger partial charge in [-0.15, -0.1) is 0 Å². The number of nitro groups is 1. The summed E-state index contributed by atoms with van der Waals surface area (Å²) in [6.45, 7) is 0.912. The third kappa shape index (κ3) is 3.91. The number of allylic oxidation sites excluding steroid dienone is 2. The van der Waals surface area contributed by atoms with Crippen LogP contribution in [0.15, 0.2) is 84.9 Å². The van der Waals surface area contributed by atoms with Crippen LogP contribution in [0.1, 0.15) is 29.5 Å². The minimum absolute atomic E-state index is 0.116. The summed E-state index contributed by atoms with van der Waals surface area (Å²) in [6.07, 6.45) is 5.27. The number of hydrogen-bond acceptors (Lipinski definition) is 5. The monoisotopic (exact) mass is 428 g/mol. The highest BCUT2D eigenvalue weighted by molar-refractivity contribution is 5.63. The minimum Gasteiger partial charge on any atom is -0.490 e. The van der Waals surface area contributed by atoms with E-state index in [1.54, 1.807) is 12.1 Å². The van der Waals surface area contributed by atoms with Crippen LogP contribution in [0.25, 0.3) is 0 Å². The predicted molar refractivity (Wildman–Crippen MR) is 123 cm³/mol. The lowest BCUT2D eigenvalue weighted by molar-refractivity contribution is -0.385. The van der Waals surface area contributed by atoms with Crippen molar-refractivity contribution in [3.05, 3.63) is 106 Å². The summed E-state index contributed by atoms with van der Waals surface area (Å²) in [5.41, 5.74) is 3.06. The van der Waals surface area contributed by atoms with Gasteiger partial charge in [-0.25, -0.2) is 0 Å². The van der Waals surface area contributed by atoms with Gasteiger partial charge >= 0.3 is 0 Å².